The van der Waals surface area contributed by atoms with Gasteiger partial charge in [-0.3, -0.25) is 14.5 Å². The third-order valence-corrected chi connectivity index (χ3v) is 2.40. The molecule has 0 unspecified atom stereocenters. The Morgan fingerprint density at radius 1 is 1.25 bits per heavy atom. The van der Waals surface area contributed by atoms with E-state index in [4.69, 9.17) is 0 Å². The van der Waals surface area contributed by atoms with Crippen LogP contribution in [-0.2, 0) is 7.05 Å². The fraction of sp³-hybridized carbons (Fsp3) is 0.250. The standard InChI is InChI=1S/C12H13N3O/c1-8-6-10(7-9(2)14-8)12(16)11-4-5-13-15(11)3/h4-7H,1-3H3. The largest absolute Gasteiger partial charge is 0.287 e. The molecule has 82 valence electrons. The summed E-state index contributed by atoms with van der Waals surface area (Å²) in [7, 11) is 1.76. The van der Waals surface area contributed by atoms with E-state index in [1.165, 1.54) is 0 Å². The third kappa shape index (κ3) is 1.86. The van der Waals surface area contributed by atoms with E-state index >= 15 is 0 Å². The van der Waals surface area contributed by atoms with Crippen LogP contribution in [0.15, 0.2) is 24.4 Å². The Labute approximate surface area is 93.9 Å². The maximum absolute atomic E-state index is 12.1. The van der Waals surface area contributed by atoms with Crippen molar-refractivity contribution in [3.05, 3.63) is 47.0 Å². The number of ketones is 1. The van der Waals surface area contributed by atoms with Gasteiger partial charge in [0.05, 0.1) is 0 Å². The normalized spacial score (nSPS) is 10.4. The van der Waals surface area contributed by atoms with E-state index < -0.39 is 0 Å². The zero-order chi connectivity index (χ0) is 11.7. The van der Waals surface area contributed by atoms with Crippen LogP contribution in [0.4, 0.5) is 0 Å². The second-order valence-electron chi connectivity index (χ2n) is 3.81. The predicted octanol–water partition coefficient (Wildman–Crippen LogP) is 1.66. The molecule has 4 nitrogen and oxygen atoms in total. The molecule has 0 fully saturated rings. The maximum Gasteiger partial charge on any atom is 0.211 e. The van der Waals surface area contributed by atoms with Crippen LogP contribution in [0.25, 0.3) is 0 Å². The first-order valence-corrected chi connectivity index (χ1v) is 5.06. The van der Waals surface area contributed by atoms with Gasteiger partial charge in [-0.25, -0.2) is 0 Å². The second kappa shape index (κ2) is 3.89. The number of nitrogens with zero attached hydrogens (tertiary/aromatic N) is 3. The highest BCUT2D eigenvalue weighted by atomic mass is 16.1. The zero-order valence-electron chi connectivity index (χ0n) is 9.56. The molecule has 0 radical (unpaired) electrons. The van der Waals surface area contributed by atoms with Crippen molar-refractivity contribution in [3.63, 3.8) is 0 Å². The number of pyridine rings is 1. The monoisotopic (exact) mass is 215 g/mol. The molecule has 2 heterocycles. The summed E-state index contributed by atoms with van der Waals surface area (Å²) >= 11 is 0. The minimum Gasteiger partial charge on any atom is -0.287 e. The summed E-state index contributed by atoms with van der Waals surface area (Å²) in [5.41, 5.74) is 2.95. The van der Waals surface area contributed by atoms with Crippen LogP contribution in [0.1, 0.15) is 27.4 Å². The first kappa shape index (κ1) is 10.5. The van der Waals surface area contributed by atoms with Crippen molar-refractivity contribution in [1.82, 2.24) is 14.8 Å². The van der Waals surface area contributed by atoms with E-state index in [0.717, 1.165) is 11.4 Å². The number of aryl methyl sites for hydroxylation is 3. The van der Waals surface area contributed by atoms with Crippen molar-refractivity contribution in [1.29, 1.82) is 0 Å². The lowest BCUT2D eigenvalue weighted by molar-refractivity contribution is 0.103. The minimum absolute atomic E-state index is 0.0198. The summed E-state index contributed by atoms with van der Waals surface area (Å²) in [6, 6.07) is 5.30. The molecule has 2 aromatic heterocycles. The van der Waals surface area contributed by atoms with Crippen molar-refractivity contribution >= 4 is 5.78 Å². The Morgan fingerprint density at radius 2 is 1.88 bits per heavy atom. The molecule has 0 N–H and O–H groups in total. The van der Waals surface area contributed by atoms with Crippen LogP contribution in [0.2, 0.25) is 0 Å². The number of carbonyl (C=O) groups excluding carboxylic acids is 1. The summed E-state index contributed by atoms with van der Waals surface area (Å²) in [5, 5.41) is 3.99. The molecule has 2 aromatic rings. The van der Waals surface area contributed by atoms with Crippen LogP contribution >= 0.6 is 0 Å². The smallest absolute Gasteiger partial charge is 0.211 e. The molecule has 0 aliphatic rings. The highest BCUT2D eigenvalue weighted by Crippen LogP contribution is 2.11. The van der Waals surface area contributed by atoms with Gasteiger partial charge < -0.3 is 0 Å². The van der Waals surface area contributed by atoms with Gasteiger partial charge in [-0.2, -0.15) is 5.10 Å². The Kier molecular flexibility index (Phi) is 2.56. The summed E-state index contributed by atoms with van der Waals surface area (Å²) < 4.78 is 1.58. The summed E-state index contributed by atoms with van der Waals surface area (Å²) in [6.45, 7) is 3.76. The van der Waals surface area contributed by atoms with Gasteiger partial charge >= 0.3 is 0 Å². The zero-order valence-corrected chi connectivity index (χ0v) is 9.56. The molecule has 0 atom stereocenters. The van der Waals surface area contributed by atoms with Crippen LogP contribution in [0.5, 0.6) is 0 Å². The predicted molar refractivity (Wildman–Crippen MR) is 60.4 cm³/mol. The summed E-state index contributed by atoms with van der Waals surface area (Å²) in [6.07, 6.45) is 1.62. The Morgan fingerprint density at radius 3 is 2.38 bits per heavy atom. The van der Waals surface area contributed by atoms with Crippen LogP contribution in [-0.4, -0.2) is 20.5 Å². The van der Waals surface area contributed by atoms with Gasteiger partial charge in [-0.15, -0.1) is 0 Å². The molecule has 4 heteroatoms. The fourth-order valence-corrected chi connectivity index (χ4v) is 1.71. The molecular formula is C12H13N3O. The Bertz CT molecular complexity index is 523. The third-order valence-electron chi connectivity index (χ3n) is 2.40. The van der Waals surface area contributed by atoms with Crippen LogP contribution in [0.3, 0.4) is 0 Å². The van der Waals surface area contributed by atoms with Gasteiger partial charge in [0.1, 0.15) is 5.69 Å². The van der Waals surface area contributed by atoms with E-state index in [1.54, 1.807) is 36.1 Å². The molecular weight excluding hydrogens is 202 g/mol. The van der Waals surface area contributed by atoms with Gasteiger partial charge in [0.2, 0.25) is 5.78 Å². The number of carbonyl (C=O) groups is 1. The molecule has 0 aromatic carbocycles. The lowest BCUT2D eigenvalue weighted by atomic mass is 10.1. The molecule has 2 rings (SSSR count). The Hall–Kier alpha value is -1.97. The van der Waals surface area contributed by atoms with Crippen molar-refractivity contribution in [2.75, 3.05) is 0 Å². The van der Waals surface area contributed by atoms with E-state index in [9.17, 15) is 4.79 Å². The van der Waals surface area contributed by atoms with E-state index in [2.05, 4.69) is 10.1 Å². The van der Waals surface area contributed by atoms with Gasteiger partial charge in [0.25, 0.3) is 0 Å². The second-order valence-corrected chi connectivity index (χ2v) is 3.81. The summed E-state index contributed by atoms with van der Waals surface area (Å²) in [5.74, 6) is -0.0198. The van der Waals surface area contributed by atoms with Crippen molar-refractivity contribution in [3.8, 4) is 0 Å². The number of rotatable bonds is 2. The quantitative estimate of drug-likeness (QED) is 0.716. The van der Waals surface area contributed by atoms with Gasteiger partial charge in [0, 0.05) is 30.2 Å². The highest BCUT2D eigenvalue weighted by molar-refractivity contribution is 6.07. The van der Waals surface area contributed by atoms with E-state index in [-0.39, 0.29) is 5.78 Å². The first-order chi connectivity index (χ1) is 7.58. The highest BCUT2D eigenvalue weighted by Gasteiger charge is 2.13. The van der Waals surface area contributed by atoms with Crippen molar-refractivity contribution < 1.29 is 4.79 Å². The lowest BCUT2D eigenvalue weighted by Gasteiger charge is -2.03. The van der Waals surface area contributed by atoms with Gasteiger partial charge in [-0.1, -0.05) is 0 Å². The SMILES string of the molecule is Cc1cc(C(=O)c2ccnn2C)cc(C)n1. The van der Waals surface area contributed by atoms with Gasteiger partial charge in [-0.05, 0) is 32.0 Å². The molecule has 16 heavy (non-hydrogen) atoms. The molecule has 0 amide bonds. The molecule has 0 aliphatic carbocycles. The molecule has 0 spiro atoms. The fourth-order valence-electron chi connectivity index (χ4n) is 1.71. The number of hydrogen-bond acceptors (Lipinski definition) is 3. The number of hydrogen-bond donors (Lipinski definition) is 0. The average molecular weight is 215 g/mol. The first-order valence-electron chi connectivity index (χ1n) is 5.06. The lowest BCUT2D eigenvalue weighted by Crippen LogP contribution is -2.09. The molecule has 0 saturated carbocycles. The molecule has 0 saturated heterocycles. The topological polar surface area (TPSA) is 47.8 Å². The Balaban J connectivity index is 2.45. The van der Waals surface area contributed by atoms with Gasteiger partial charge in [0.15, 0.2) is 0 Å². The van der Waals surface area contributed by atoms with E-state index in [0.29, 0.717) is 11.3 Å². The molecule has 0 bridgehead atoms. The van der Waals surface area contributed by atoms with Crippen LogP contribution in [0, 0.1) is 13.8 Å². The van der Waals surface area contributed by atoms with Crippen molar-refractivity contribution in [2.45, 2.75) is 13.8 Å². The minimum atomic E-state index is -0.0198. The summed E-state index contributed by atoms with van der Waals surface area (Å²) in [4.78, 5) is 16.4. The van der Waals surface area contributed by atoms with Crippen molar-refractivity contribution in [2.24, 2.45) is 7.05 Å². The van der Waals surface area contributed by atoms with Crippen LogP contribution < -0.4 is 0 Å². The molecule has 0 aliphatic heterocycles. The van der Waals surface area contributed by atoms with E-state index in [1.807, 2.05) is 13.8 Å². The number of aromatic nitrogens is 3. The maximum atomic E-state index is 12.1. The average Bonchev–Trinajstić information content (AvgIpc) is 2.62.